The number of benzene rings is 4. The van der Waals surface area contributed by atoms with Crippen molar-refractivity contribution in [1.82, 2.24) is 0 Å². The van der Waals surface area contributed by atoms with E-state index in [1.807, 2.05) is 55.5 Å². The van der Waals surface area contributed by atoms with E-state index in [1.165, 1.54) is 11.0 Å². The Balaban J connectivity index is 1.47. The highest BCUT2D eigenvalue weighted by atomic mass is 35.5. The first-order valence-corrected chi connectivity index (χ1v) is 14.6. The molecule has 0 spiro atoms. The smallest absolute Gasteiger partial charge is 0.303 e. The normalized spacial score (nSPS) is 10.7. The molecule has 0 heterocycles. The van der Waals surface area contributed by atoms with Crippen LogP contribution in [-0.2, 0) is 4.79 Å². The lowest BCUT2D eigenvalue weighted by atomic mass is 9.97. The molecule has 2 N–H and O–H groups in total. The quantitative estimate of drug-likeness (QED) is 0.155. The van der Waals surface area contributed by atoms with Gasteiger partial charge in [-0.15, -0.1) is 0 Å². The number of hydrogen-bond donors (Lipinski definition) is 2. The molecule has 0 bridgehead atoms. The zero-order valence-corrected chi connectivity index (χ0v) is 25.4. The number of nitrogens with zero attached hydrogens (tertiary/aromatic N) is 1. The zero-order valence-electron chi connectivity index (χ0n) is 23.9. The van der Waals surface area contributed by atoms with Crippen molar-refractivity contribution in [1.29, 1.82) is 0 Å². The number of carboxylic acids is 1. The standard InChI is InChI=1S/C34H32Cl2N2O5/c1-22-12-15-26(23-9-5-3-6-10-23)27(19-22)33(41)37-29-16-13-24(20-28(29)36)34(42)38(2)30-17-14-25(35)21-31(30)43-18-8-4-7-11-32(39)40/h3,5-6,9-10,12-17,19-21H,4,7-8,11,18H2,1-2H3,(H,37,41)(H,39,40). The van der Waals surface area contributed by atoms with Crippen LogP contribution in [-0.4, -0.2) is 36.5 Å². The molecule has 4 rings (SSSR count). The summed E-state index contributed by atoms with van der Waals surface area (Å²) in [6.45, 7) is 2.28. The molecule has 4 aromatic carbocycles. The maximum Gasteiger partial charge on any atom is 0.303 e. The Kier molecular flexibility index (Phi) is 10.8. The molecule has 0 saturated heterocycles. The molecular weight excluding hydrogens is 587 g/mol. The van der Waals surface area contributed by atoms with E-state index in [-0.39, 0.29) is 23.3 Å². The summed E-state index contributed by atoms with van der Waals surface area (Å²) in [5, 5.41) is 12.3. The molecule has 0 aliphatic carbocycles. The molecular formula is C34H32Cl2N2O5. The van der Waals surface area contributed by atoms with Crippen LogP contribution in [0.5, 0.6) is 5.75 Å². The van der Waals surface area contributed by atoms with E-state index < -0.39 is 5.97 Å². The van der Waals surface area contributed by atoms with Gasteiger partial charge in [-0.3, -0.25) is 14.4 Å². The third-order valence-electron chi connectivity index (χ3n) is 6.85. The van der Waals surface area contributed by atoms with Crippen molar-refractivity contribution in [3.8, 4) is 16.9 Å². The minimum absolute atomic E-state index is 0.116. The fourth-order valence-electron chi connectivity index (χ4n) is 4.58. The number of nitrogens with one attached hydrogen (secondary N) is 1. The molecule has 0 fully saturated rings. The van der Waals surface area contributed by atoms with Crippen molar-refractivity contribution in [3.63, 3.8) is 0 Å². The van der Waals surface area contributed by atoms with E-state index in [1.54, 1.807) is 37.4 Å². The molecule has 0 unspecified atom stereocenters. The molecule has 4 aromatic rings. The number of carboxylic acid groups (broad SMARTS) is 1. The summed E-state index contributed by atoms with van der Waals surface area (Å²) in [5.74, 6) is -1.04. The average Bonchev–Trinajstić information content (AvgIpc) is 2.99. The third kappa shape index (κ3) is 8.37. The summed E-state index contributed by atoms with van der Waals surface area (Å²) in [5.41, 5.74) is 4.40. The van der Waals surface area contributed by atoms with E-state index >= 15 is 0 Å². The van der Waals surface area contributed by atoms with Crippen LogP contribution in [0.4, 0.5) is 11.4 Å². The minimum Gasteiger partial charge on any atom is -0.491 e. The molecule has 9 heteroatoms. The van der Waals surface area contributed by atoms with Gasteiger partial charge >= 0.3 is 5.97 Å². The first-order valence-electron chi connectivity index (χ1n) is 13.8. The van der Waals surface area contributed by atoms with Gasteiger partial charge in [0.05, 0.1) is 23.0 Å². The Morgan fingerprint density at radius 1 is 0.884 bits per heavy atom. The molecule has 0 atom stereocenters. The Morgan fingerprint density at radius 3 is 2.37 bits per heavy atom. The van der Waals surface area contributed by atoms with Crippen molar-refractivity contribution in [3.05, 3.63) is 112 Å². The van der Waals surface area contributed by atoms with Crippen LogP contribution < -0.4 is 15.0 Å². The number of ether oxygens (including phenoxy) is 1. The van der Waals surface area contributed by atoms with Gasteiger partial charge in [0.15, 0.2) is 0 Å². The van der Waals surface area contributed by atoms with Gasteiger partial charge in [-0.05, 0) is 73.7 Å². The van der Waals surface area contributed by atoms with Gasteiger partial charge in [-0.1, -0.05) is 71.2 Å². The molecule has 0 aromatic heterocycles. The number of aliphatic carboxylic acids is 1. The fraction of sp³-hybridized carbons (Fsp3) is 0.206. The van der Waals surface area contributed by atoms with Crippen LogP contribution in [0, 0.1) is 6.92 Å². The van der Waals surface area contributed by atoms with Gasteiger partial charge in [0, 0.05) is 35.7 Å². The van der Waals surface area contributed by atoms with Crippen molar-refractivity contribution >= 4 is 52.4 Å². The van der Waals surface area contributed by atoms with Crippen LogP contribution in [0.2, 0.25) is 10.0 Å². The Bertz CT molecular complexity index is 1620. The number of carbonyl (C=O) groups is 3. The zero-order chi connectivity index (χ0) is 30.9. The predicted molar refractivity (Wildman–Crippen MR) is 172 cm³/mol. The maximum absolute atomic E-state index is 13.4. The lowest BCUT2D eigenvalue weighted by Gasteiger charge is -2.21. The summed E-state index contributed by atoms with van der Waals surface area (Å²) >= 11 is 12.8. The SMILES string of the molecule is Cc1ccc(-c2ccccc2)c(C(=O)Nc2ccc(C(=O)N(C)c3ccc(Cl)cc3OCCCCCC(=O)O)cc2Cl)c1. The topological polar surface area (TPSA) is 95.9 Å². The average molecular weight is 620 g/mol. The number of rotatable bonds is 12. The van der Waals surface area contributed by atoms with Gasteiger partial charge in [-0.25, -0.2) is 0 Å². The van der Waals surface area contributed by atoms with Crippen LogP contribution in [0.15, 0.2) is 84.9 Å². The van der Waals surface area contributed by atoms with Crippen LogP contribution >= 0.6 is 23.2 Å². The highest BCUT2D eigenvalue weighted by Crippen LogP contribution is 2.33. The molecule has 7 nitrogen and oxygen atoms in total. The number of carbonyl (C=O) groups excluding carboxylic acids is 2. The highest BCUT2D eigenvalue weighted by molar-refractivity contribution is 6.34. The molecule has 43 heavy (non-hydrogen) atoms. The second-order valence-corrected chi connectivity index (χ2v) is 10.9. The summed E-state index contributed by atoms with van der Waals surface area (Å²) in [6, 6.07) is 25.1. The third-order valence-corrected chi connectivity index (χ3v) is 7.40. The van der Waals surface area contributed by atoms with Gasteiger partial charge in [-0.2, -0.15) is 0 Å². The lowest BCUT2D eigenvalue weighted by molar-refractivity contribution is -0.137. The van der Waals surface area contributed by atoms with Crippen molar-refractivity contribution in [2.24, 2.45) is 0 Å². The first kappa shape index (κ1) is 31.6. The monoisotopic (exact) mass is 618 g/mol. The van der Waals surface area contributed by atoms with Crippen LogP contribution in [0.3, 0.4) is 0 Å². The van der Waals surface area contributed by atoms with Gasteiger partial charge < -0.3 is 20.1 Å². The first-order chi connectivity index (χ1) is 20.6. The molecule has 2 amide bonds. The molecule has 222 valence electrons. The van der Waals surface area contributed by atoms with Crippen LogP contribution in [0.1, 0.15) is 52.0 Å². The van der Waals surface area contributed by atoms with E-state index in [2.05, 4.69) is 5.32 Å². The Hall–Kier alpha value is -4.33. The Morgan fingerprint density at radius 2 is 1.65 bits per heavy atom. The summed E-state index contributed by atoms with van der Waals surface area (Å²) in [7, 11) is 1.62. The molecule has 0 aliphatic rings. The summed E-state index contributed by atoms with van der Waals surface area (Å²) in [6.07, 6.45) is 2.05. The van der Waals surface area contributed by atoms with Crippen molar-refractivity contribution in [2.75, 3.05) is 23.9 Å². The molecule has 0 radical (unpaired) electrons. The van der Waals surface area contributed by atoms with Gasteiger partial charge in [0.1, 0.15) is 5.75 Å². The van der Waals surface area contributed by atoms with Crippen molar-refractivity contribution < 1.29 is 24.2 Å². The highest BCUT2D eigenvalue weighted by Gasteiger charge is 2.20. The maximum atomic E-state index is 13.4. The van der Waals surface area contributed by atoms with Crippen molar-refractivity contribution in [2.45, 2.75) is 32.6 Å². The number of amides is 2. The van der Waals surface area contributed by atoms with E-state index in [0.29, 0.717) is 59.1 Å². The van der Waals surface area contributed by atoms with Gasteiger partial charge in [0.2, 0.25) is 0 Å². The summed E-state index contributed by atoms with van der Waals surface area (Å²) in [4.78, 5) is 39.0. The van der Waals surface area contributed by atoms with Gasteiger partial charge in [0.25, 0.3) is 11.8 Å². The van der Waals surface area contributed by atoms with E-state index in [0.717, 1.165) is 16.7 Å². The second kappa shape index (κ2) is 14.7. The lowest BCUT2D eigenvalue weighted by Crippen LogP contribution is -2.27. The number of hydrogen-bond acceptors (Lipinski definition) is 4. The number of anilines is 2. The van der Waals surface area contributed by atoms with E-state index in [4.69, 9.17) is 33.0 Å². The van der Waals surface area contributed by atoms with E-state index in [9.17, 15) is 14.4 Å². The summed E-state index contributed by atoms with van der Waals surface area (Å²) < 4.78 is 5.91. The molecule has 0 aliphatic heterocycles. The fourth-order valence-corrected chi connectivity index (χ4v) is 4.97. The minimum atomic E-state index is -0.822. The Labute approximate surface area is 261 Å². The number of unbranched alkanes of at least 4 members (excludes halogenated alkanes) is 2. The largest absolute Gasteiger partial charge is 0.491 e. The number of halogens is 2. The predicted octanol–water partition coefficient (Wildman–Crippen LogP) is 8.52. The van der Waals surface area contributed by atoms with Crippen LogP contribution in [0.25, 0.3) is 11.1 Å². The second-order valence-electron chi connectivity index (χ2n) is 10.1. The molecule has 0 saturated carbocycles. The number of aryl methyl sites for hydroxylation is 1.